The van der Waals surface area contributed by atoms with Crippen LogP contribution >= 0.6 is 11.8 Å². The van der Waals surface area contributed by atoms with Crippen LogP contribution in [0.15, 0.2) is 59.6 Å². The molecule has 0 radical (unpaired) electrons. The van der Waals surface area contributed by atoms with Gasteiger partial charge in [0.05, 0.1) is 18.5 Å². The molecule has 134 valence electrons. The second-order valence-electron chi connectivity index (χ2n) is 5.68. The van der Waals surface area contributed by atoms with Gasteiger partial charge in [-0.15, -0.1) is 0 Å². The van der Waals surface area contributed by atoms with E-state index in [4.69, 9.17) is 4.74 Å². The summed E-state index contributed by atoms with van der Waals surface area (Å²) in [7, 11) is 3.22. The highest BCUT2D eigenvalue weighted by Gasteiger charge is 2.34. The van der Waals surface area contributed by atoms with Crippen LogP contribution in [-0.2, 0) is 9.59 Å². The molecule has 1 N–H and O–H groups in total. The molecule has 1 aliphatic rings. The Morgan fingerprint density at radius 3 is 2.62 bits per heavy atom. The van der Waals surface area contributed by atoms with Gasteiger partial charge in [-0.05, 0) is 24.3 Å². The zero-order chi connectivity index (χ0) is 18.5. The molecule has 26 heavy (non-hydrogen) atoms. The summed E-state index contributed by atoms with van der Waals surface area (Å²) in [5.74, 6) is 0.184. The maximum absolute atomic E-state index is 12.7. The third-order valence-corrected chi connectivity index (χ3v) is 5.15. The van der Waals surface area contributed by atoms with E-state index in [9.17, 15) is 9.59 Å². The van der Waals surface area contributed by atoms with Crippen molar-refractivity contribution in [3.8, 4) is 5.75 Å². The van der Waals surface area contributed by atoms with Crippen LogP contribution in [-0.4, -0.2) is 41.3 Å². The predicted octanol–water partition coefficient (Wildman–Crippen LogP) is 3.29. The van der Waals surface area contributed by atoms with Crippen molar-refractivity contribution in [2.45, 2.75) is 11.7 Å². The summed E-state index contributed by atoms with van der Waals surface area (Å²) in [5.41, 5.74) is 1.31. The normalized spacial score (nSPS) is 18.7. The summed E-state index contributed by atoms with van der Waals surface area (Å²) in [6.07, 6.45) is 0.121. The highest BCUT2D eigenvalue weighted by atomic mass is 32.2. The minimum atomic E-state index is -0.550. The molecule has 6 nitrogen and oxygen atoms in total. The number of benzene rings is 2. The van der Waals surface area contributed by atoms with E-state index in [1.165, 1.54) is 16.7 Å². The Hall–Kier alpha value is -2.80. The number of amidine groups is 1. The number of carbonyl (C=O) groups excluding carboxylic acids is 2. The molecule has 3 rings (SSSR count). The molecule has 0 bridgehead atoms. The summed E-state index contributed by atoms with van der Waals surface area (Å²) < 4.78 is 5.25. The number of hydrogen-bond acceptors (Lipinski definition) is 5. The maximum atomic E-state index is 12.7. The third kappa shape index (κ3) is 4.05. The maximum Gasteiger partial charge on any atom is 0.238 e. The van der Waals surface area contributed by atoms with Gasteiger partial charge in [-0.25, -0.2) is 4.99 Å². The summed E-state index contributed by atoms with van der Waals surface area (Å²) in [5, 5.41) is 2.80. The molecule has 1 saturated heterocycles. The molecule has 7 heteroatoms. The van der Waals surface area contributed by atoms with Gasteiger partial charge in [-0.1, -0.05) is 42.1 Å². The van der Waals surface area contributed by atoms with Gasteiger partial charge in [-0.2, -0.15) is 0 Å². The van der Waals surface area contributed by atoms with E-state index >= 15 is 0 Å². The molecule has 0 spiro atoms. The molecular formula is C19H19N3O3S. The van der Waals surface area contributed by atoms with Gasteiger partial charge in [0.15, 0.2) is 5.17 Å². The van der Waals surface area contributed by atoms with Crippen LogP contribution in [0.2, 0.25) is 0 Å². The van der Waals surface area contributed by atoms with E-state index in [0.29, 0.717) is 16.6 Å². The summed E-state index contributed by atoms with van der Waals surface area (Å²) >= 11 is 1.28. The average Bonchev–Trinajstić information content (AvgIpc) is 2.66. The Morgan fingerprint density at radius 2 is 1.88 bits per heavy atom. The molecule has 2 aromatic carbocycles. The molecule has 2 aromatic rings. The van der Waals surface area contributed by atoms with E-state index in [1.807, 2.05) is 42.5 Å². The molecule has 1 heterocycles. The molecule has 0 aromatic heterocycles. The Kier molecular flexibility index (Phi) is 5.58. The van der Waals surface area contributed by atoms with Crippen LogP contribution in [0.4, 0.5) is 11.4 Å². The molecule has 2 amide bonds. The first kappa shape index (κ1) is 18.0. The van der Waals surface area contributed by atoms with E-state index in [2.05, 4.69) is 10.3 Å². The topological polar surface area (TPSA) is 71.0 Å². The molecular weight excluding hydrogens is 350 g/mol. The van der Waals surface area contributed by atoms with E-state index in [1.54, 1.807) is 26.3 Å². The first-order chi connectivity index (χ1) is 12.6. The number of nitrogens with one attached hydrogen (secondary N) is 1. The SMILES string of the molecule is COc1ccccc1NC(=O)[C@H]1CC(=O)N(C)C(=Nc2ccccc2)S1. The van der Waals surface area contributed by atoms with Gasteiger partial charge >= 0.3 is 0 Å². The lowest BCUT2D eigenvalue weighted by Crippen LogP contribution is -2.43. The van der Waals surface area contributed by atoms with Gasteiger partial charge in [-0.3, -0.25) is 14.5 Å². The number of amides is 2. The monoisotopic (exact) mass is 369 g/mol. The highest BCUT2D eigenvalue weighted by Crippen LogP contribution is 2.30. The van der Waals surface area contributed by atoms with E-state index < -0.39 is 5.25 Å². The summed E-state index contributed by atoms with van der Waals surface area (Å²) in [6.45, 7) is 0. The van der Waals surface area contributed by atoms with Crippen LogP contribution < -0.4 is 10.1 Å². The zero-order valence-electron chi connectivity index (χ0n) is 14.5. The quantitative estimate of drug-likeness (QED) is 0.898. The Bertz CT molecular complexity index is 839. The number of rotatable bonds is 4. The van der Waals surface area contributed by atoms with Crippen LogP contribution in [0.25, 0.3) is 0 Å². The van der Waals surface area contributed by atoms with Gasteiger partial charge in [0.2, 0.25) is 11.8 Å². The van der Waals surface area contributed by atoms with Crippen LogP contribution in [0.3, 0.4) is 0 Å². The van der Waals surface area contributed by atoms with Crippen molar-refractivity contribution in [2.24, 2.45) is 4.99 Å². The fourth-order valence-corrected chi connectivity index (χ4v) is 3.54. The Labute approximate surface area is 156 Å². The van der Waals surface area contributed by atoms with Crippen molar-refractivity contribution >= 4 is 40.1 Å². The number of aliphatic imine (C=N–C) groups is 1. The first-order valence-electron chi connectivity index (χ1n) is 8.09. The van der Waals surface area contributed by atoms with Crippen molar-refractivity contribution in [1.29, 1.82) is 0 Å². The lowest BCUT2D eigenvalue weighted by atomic mass is 10.2. The lowest BCUT2D eigenvalue weighted by molar-refractivity contribution is -0.128. The number of anilines is 1. The third-order valence-electron chi connectivity index (χ3n) is 3.91. The van der Waals surface area contributed by atoms with Crippen LogP contribution in [0.1, 0.15) is 6.42 Å². The van der Waals surface area contributed by atoms with Crippen LogP contribution in [0.5, 0.6) is 5.75 Å². The fourth-order valence-electron chi connectivity index (χ4n) is 2.47. The zero-order valence-corrected chi connectivity index (χ0v) is 15.3. The largest absolute Gasteiger partial charge is 0.495 e. The second-order valence-corrected chi connectivity index (χ2v) is 6.85. The van der Waals surface area contributed by atoms with Gasteiger partial charge in [0.25, 0.3) is 0 Å². The molecule has 0 unspecified atom stereocenters. The van der Waals surface area contributed by atoms with Crippen molar-refractivity contribution in [3.63, 3.8) is 0 Å². The number of nitrogens with zero attached hydrogens (tertiary/aromatic N) is 2. The number of thioether (sulfide) groups is 1. The predicted molar refractivity (Wildman–Crippen MR) is 104 cm³/mol. The number of carbonyl (C=O) groups is 2. The molecule has 0 aliphatic carbocycles. The average molecular weight is 369 g/mol. The fraction of sp³-hybridized carbons (Fsp3) is 0.211. The number of para-hydroxylation sites is 3. The highest BCUT2D eigenvalue weighted by molar-refractivity contribution is 8.15. The minimum absolute atomic E-state index is 0.121. The van der Waals surface area contributed by atoms with Crippen molar-refractivity contribution in [3.05, 3.63) is 54.6 Å². The second kappa shape index (κ2) is 8.05. The standard InChI is InChI=1S/C19H19N3O3S/c1-22-17(23)12-16(26-19(22)20-13-8-4-3-5-9-13)18(24)21-14-10-6-7-11-15(14)25-2/h3-11,16H,12H2,1-2H3,(H,21,24)/t16-/m1/s1. The first-order valence-corrected chi connectivity index (χ1v) is 8.97. The van der Waals surface area contributed by atoms with Gasteiger partial charge in [0, 0.05) is 13.5 Å². The van der Waals surface area contributed by atoms with Crippen molar-refractivity contribution in [2.75, 3.05) is 19.5 Å². The molecule has 0 saturated carbocycles. The Balaban J connectivity index is 1.78. The van der Waals surface area contributed by atoms with Gasteiger partial charge < -0.3 is 10.1 Å². The lowest BCUT2D eigenvalue weighted by Gasteiger charge is -2.29. The number of ether oxygens (including phenoxy) is 1. The Morgan fingerprint density at radius 1 is 1.19 bits per heavy atom. The van der Waals surface area contributed by atoms with Crippen LogP contribution in [0, 0.1) is 0 Å². The van der Waals surface area contributed by atoms with Crippen molar-refractivity contribution < 1.29 is 14.3 Å². The van der Waals surface area contributed by atoms with Crippen molar-refractivity contribution in [1.82, 2.24) is 4.90 Å². The molecule has 1 fully saturated rings. The van der Waals surface area contributed by atoms with Gasteiger partial charge in [0.1, 0.15) is 11.0 Å². The number of hydrogen-bond donors (Lipinski definition) is 1. The number of methoxy groups -OCH3 is 1. The summed E-state index contributed by atoms with van der Waals surface area (Å²) in [6, 6.07) is 16.5. The molecule has 1 aliphatic heterocycles. The van der Waals surface area contributed by atoms with E-state index in [-0.39, 0.29) is 18.2 Å². The smallest absolute Gasteiger partial charge is 0.238 e. The minimum Gasteiger partial charge on any atom is -0.495 e. The van der Waals surface area contributed by atoms with E-state index in [0.717, 1.165) is 5.69 Å². The molecule has 1 atom stereocenters. The summed E-state index contributed by atoms with van der Waals surface area (Å²) in [4.78, 5) is 31.0.